The molecule has 11 heteroatoms. The van der Waals surface area contributed by atoms with Gasteiger partial charge in [-0.3, -0.25) is 9.36 Å². The summed E-state index contributed by atoms with van der Waals surface area (Å²) in [5.41, 5.74) is 2.62. The van der Waals surface area contributed by atoms with Gasteiger partial charge in [0.1, 0.15) is 18.2 Å². The van der Waals surface area contributed by atoms with Gasteiger partial charge in [-0.1, -0.05) is 83.6 Å². The zero-order valence-corrected chi connectivity index (χ0v) is 27.8. The number of ether oxygens (including phenoxy) is 4. The molecule has 0 fully saturated rings. The number of carbonyl (C=O) groups excluding carboxylic acids is 1. The number of hydrogen-bond acceptors (Lipinski definition) is 8. The second-order valence-electron chi connectivity index (χ2n) is 10.6. The second-order valence-corrected chi connectivity index (χ2v) is 12.0. The molecule has 2 heterocycles. The van der Waals surface area contributed by atoms with E-state index >= 15 is 0 Å². The average molecular weight is 685 g/mol. The highest BCUT2D eigenvalue weighted by molar-refractivity contribution is 7.07. The second kappa shape index (κ2) is 14.3. The fourth-order valence-corrected chi connectivity index (χ4v) is 6.70. The molecule has 0 aliphatic carbocycles. The van der Waals surface area contributed by atoms with E-state index in [2.05, 4.69) is 0 Å². The minimum atomic E-state index is -0.837. The molecule has 1 aliphatic rings. The van der Waals surface area contributed by atoms with Crippen LogP contribution in [-0.2, 0) is 16.1 Å². The number of hydrogen-bond donors (Lipinski definition) is 0. The Kier molecular flexibility index (Phi) is 9.75. The third-order valence-electron chi connectivity index (χ3n) is 7.68. The monoisotopic (exact) mass is 684 g/mol. The largest absolute Gasteiger partial charge is 0.497 e. The van der Waals surface area contributed by atoms with E-state index < -0.39 is 17.8 Å². The number of methoxy groups -OCH3 is 2. The first-order chi connectivity index (χ1) is 23.3. The van der Waals surface area contributed by atoms with Crippen molar-refractivity contribution < 1.29 is 28.1 Å². The number of carbonyl (C=O) groups is 1. The van der Waals surface area contributed by atoms with Gasteiger partial charge < -0.3 is 18.9 Å². The Morgan fingerprint density at radius 1 is 1.00 bits per heavy atom. The molecule has 0 radical (unpaired) electrons. The molecule has 6 rings (SSSR count). The smallest absolute Gasteiger partial charge is 0.338 e. The van der Waals surface area contributed by atoms with Crippen LogP contribution in [0.1, 0.15) is 35.2 Å². The molecule has 48 heavy (non-hydrogen) atoms. The van der Waals surface area contributed by atoms with Crippen LogP contribution in [0.15, 0.2) is 106 Å². The van der Waals surface area contributed by atoms with E-state index in [0.29, 0.717) is 48.8 Å². The van der Waals surface area contributed by atoms with Crippen molar-refractivity contribution in [1.82, 2.24) is 4.57 Å². The first-order valence-corrected chi connectivity index (χ1v) is 16.2. The number of thiazole rings is 1. The van der Waals surface area contributed by atoms with Crippen LogP contribution in [0.25, 0.3) is 11.8 Å². The Hall–Kier alpha value is -5.19. The Balaban J connectivity index is 1.50. The lowest BCUT2D eigenvalue weighted by Crippen LogP contribution is -2.40. The molecule has 8 nitrogen and oxygen atoms in total. The zero-order valence-electron chi connectivity index (χ0n) is 26.2. The minimum absolute atomic E-state index is 0.0569. The van der Waals surface area contributed by atoms with Crippen molar-refractivity contribution >= 4 is 40.7 Å². The summed E-state index contributed by atoms with van der Waals surface area (Å²) >= 11 is 7.82. The normalized spacial score (nSPS) is 14.3. The highest BCUT2D eigenvalue weighted by atomic mass is 35.5. The van der Waals surface area contributed by atoms with E-state index in [0.717, 1.165) is 0 Å². The fourth-order valence-electron chi connectivity index (χ4n) is 5.42. The number of nitrogens with zero attached hydrogens (tertiary/aromatic N) is 2. The van der Waals surface area contributed by atoms with Crippen LogP contribution in [0, 0.1) is 5.82 Å². The summed E-state index contributed by atoms with van der Waals surface area (Å²) in [7, 11) is 3.04. The van der Waals surface area contributed by atoms with E-state index in [-0.39, 0.29) is 35.1 Å². The van der Waals surface area contributed by atoms with E-state index in [1.165, 1.54) is 29.1 Å². The van der Waals surface area contributed by atoms with Crippen molar-refractivity contribution in [3.63, 3.8) is 0 Å². The maximum Gasteiger partial charge on any atom is 0.338 e. The van der Waals surface area contributed by atoms with E-state index in [4.69, 9.17) is 35.5 Å². The first-order valence-electron chi connectivity index (χ1n) is 15.0. The zero-order chi connectivity index (χ0) is 33.8. The summed E-state index contributed by atoms with van der Waals surface area (Å²) in [5.74, 6) is 0.215. The Morgan fingerprint density at radius 3 is 2.42 bits per heavy atom. The third kappa shape index (κ3) is 6.49. The van der Waals surface area contributed by atoms with Crippen molar-refractivity contribution in [3.05, 3.63) is 149 Å². The minimum Gasteiger partial charge on any atom is -0.497 e. The molecule has 0 saturated heterocycles. The van der Waals surface area contributed by atoms with Gasteiger partial charge in [0.05, 0.1) is 47.7 Å². The summed E-state index contributed by atoms with van der Waals surface area (Å²) in [5, 5.41) is 0.219. The number of benzene rings is 4. The molecule has 5 aromatic rings. The van der Waals surface area contributed by atoms with Gasteiger partial charge in [-0.05, 0) is 54.5 Å². The van der Waals surface area contributed by atoms with Gasteiger partial charge in [0, 0.05) is 11.1 Å². The number of halogens is 2. The number of rotatable bonds is 10. The Labute approximate surface area is 284 Å². The highest BCUT2D eigenvalue weighted by Gasteiger charge is 2.35. The summed E-state index contributed by atoms with van der Waals surface area (Å²) in [6.45, 7) is 1.82. The molecule has 0 N–H and O–H groups in total. The topological polar surface area (TPSA) is 88.4 Å². The van der Waals surface area contributed by atoms with Crippen LogP contribution >= 0.6 is 22.9 Å². The third-order valence-corrected chi connectivity index (χ3v) is 8.95. The summed E-state index contributed by atoms with van der Waals surface area (Å²) < 4.78 is 38.4. The van der Waals surface area contributed by atoms with Gasteiger partial charge in [0.2, 0.25) is 0 Å². The molecule has 1 aliphatic heterocycles. The molecular formula is C37H30ClFN2O6S. The summed E-state index contributed by atoms with van der Waals surface area (Å²) in [6.07, 6.45) is 1.68. The van der Waals surface area contributed by atoms with Crippen LogP contribution in [0.4, 0.5) is 4.39 Å². The quantitative estimate of drug-likeness (QED) is 0.160. The van der Waals surface area contributed by atoms with Gasteiger partial charge in [0.15, 0.2) is 16.3 Å². The lowest BCUT2D eigenvalue weighted by Gasteiger charge is -2.26. The highest BCUT2D eigenvalue weighted by Crippen LogP contribution is 2.38. The SMILES string of the molecule is CCOC(=O)C1=C(c2ccccc2)N=c2s/c(=C\c3cc(Cl)c(OCc4ccccc4F)c(OC)c3)c(=O)n2[C@H]1c1ccc(OC)cc1. The summed E-state index contributed by atoms with van der Waals surface area (Å²) in [4.78, 5) is 33.2. The Bertz CT molecular complexity index is 2200. The summed E-state index contributed by atoms with van der Waals surface area (Å²) in [6, 6.07) is 25.3. The molecular weight excluding hydrogens is 655 g/mol. The molecule has 0 amide bonds. The number of fused-ring (bicyclic) bond motifs is 1. The van der Waals surface area contributed by atoms with Gasteiger partial charge in [0.25, 0.3) is 5.56 Å². The maximum absolute atomic E-state index is 14.2. The molecule has 1 atom stereocenters. The van der Waals surface area contributed by atoms with Gasteiger partial charge in [-0.25, -0.2) is 14.2 Å². The molecule has 244 valence electrons. The van der Waals surface area contributed by atoms with Crippen molar-refractivity contribution in [2.24, 2.45) is 4.99 Å². The average Bonchev–Trinajstić information content (AvgIpc) is 3.41. The van der Waals surface area contributed by atoms with Crippen molar-refractivity contribution in [2.45, 2.75) is 19.6 Å². The molecule has 0 spiro atoms. The van der Waals surface area contributed by atoms with Crippen LogP contribution in [0.5, 0.6) is 17.2 Å². The van der Waals surface area contributed by atoms with Crippen molar-refractivity contribution in [3.8, 4) is 17.2 Å². The predicted octanol–water partition coefficient (Wildman–Crippen LogP) is 6.32. The van der Waals surface area contributed by atoms with Crippen molar-refractivity contribution in [2.75, 3.05) is 20.8 Å². The van der Waals surface area contributed by atoms with E-state index in [1.807, 2.05) is 42.5 Å². The lowest BCUT2D eigenvalue weighted by molar-refractivity contribution is -0.138. The number of aromatic nitrogens is 1. The fraction of sp³-hybridized carbons (Fsp3) is 0.162. The molecule has 1 aromatic heterocycles. The van der Waals surface area contributed by atoms with E-state index in [9.17, 15) is 14.0 Å². The predicted molar refractivity (Wildman–Crippen MR) is 183 cm³/mol. The first kappa shape index (κ1) is 32.7. The number of esters is 1. The standard InChI is InChI=1S/C37H30ClFN2O6S/c1-4-46-36(43)31-32(23-10-6-5-7-11-23)40-37-41(33(31)24-14-16-26(44-2)17-15-24)35(42)30(48-37)20-22-18-27(38)34(29(19-22)45-3)47-21-25-12-8-9-13-28(25)39/h5-20,33H,4,21H2,1-3H3/b30-20-/t33-/m0/s1. The Morgan fingerprint density at radius 2 is 1.73 bits per heavy atom. The lowest BCUT2D eigenvalue weighted by atomic mass is 9.93. The van der Waals surface area contributed by atoms with Crippen LogP contribution in [0.3, 0.4) is 0 Å². The van der Waals surface area contributed by atoms with Crippen LogP contribution in [0.2, 0.25) is 5.02 Å². The van der Waals surface area contributed by atoms with Gasteiger partial charge in [-0.2, -0.15) is 0 Å². The molecule has 0 bridgehead atoms. The van der Waals surface area contributed by atoms with Crippen molar-refractivity contribution in [1.29, 1.82) is 0 Å². The van der Waals surface area contributed by atoms with Crippen LogP contribution in [-0.4, -0.2) is 31.4 Å². The molecule has 4 aromatic carbocycles. The maximum atomic E-state index is 14.2. The van der Waals surface area contributed by atoms with Gasteiger partial charge in [-0.15, -0.1) is 0 Å². The van der Waals surface area contributed by atoms with E-state index in [1.54, 1.807) is 62.6 Å². The van der Waals surface area contributed by atoms with Crippen LogP contribution < -0.4 is 29.1 Å². The molecule has 0 saturated carbocycles. The van der Waals surface area contributed by atoms with Gasteiger partial charge >= 0.3 is 5.97 Å². The molecule has 0 unspecified atom stereocenters.